The van der Waals surface area contributed by atoms with E-state index in [-0.39, 0.29) is 12.4 Å². The summed E-state index contributed by atoms with van der Waals surface area (Å²) < 4.78 is 39.3. The number of sulfonamides is 1. The molecule has 0 saturated heterocycles. The van der Waals surface area contributed by atoms with E-state index in [9.17, 15) is 8.42 Å². The smallest absolute Gasteiger partial charge is 0.250 e. The largest absolute Gasteiger partial charge is 0.493 e. The average molecular weight is 509 g/mol. The summed E-state index contributed by atoms with van der Waals surface area (Å²) in [5, 5.41) is 0. The summed E-state index contributed by atoms with van der Waals surface area (Å²) in [7, 11) is -0.198. The lowest BCUT2D eigenvalue weighted by Gasteiger charge is -2.29. The first-order valence-electron chi connectivity index (χ1n) is 10.6. The SMILES string of the molecule is COc1cc2c(cc1OC)CN(CCCNS(=O)(=O)c1ccc(-c3ccccc3)s1)CC2.Cl. The molecule has 9 heteroatoms. The highest BCUT2D eigenvalue weighted by atomic mass is 35.5. The number of nitrogens with one attached hydrogen (secondary N) is 1. The molecule has 33 heavy (non-hydrogen) atoms. The van der Waals surface area contributed by atoms with Gasteiger partial charge in [0.15, 0.2) is 11.5 Å². The van der Waals surface area contributed by atoms with E-state index in [4.69, 9.17) is 9.47 Å². The van der Waals surface area contributed by atoms with Gasteiger partial charge in [-0.1, -0.05) is 30.3 Å². The molecule has 0 aliphatic carbocycles. The van der Waals surface area contributed by atoms with E-state index in [1.807, 2.05) is 42.5 Å². The lowest BCUT2D eigenvalue weighted by molar-refractivity contribution is 0.250. The van der Waals surface area contributed by atoms with Crippen LogP contribution in [0.1, 0.15) is 17.5 Å². The van der Waals surface area contributed by atoms with Crippen LogP contribution in [0.15, 0.2) is 58.8 Å². The molecular weight excluding hydrogens is 480 g/mol. The van der Waals surface area contributed by atoms with Crippen molar-refractivity contribution in [3.63, 3.8) is 0 Å². The molecule has 0 spiro atoms. The lowest BCUT2D eigenvalue weighted by atomic mass is 9.98. The number of hydrogen-bond donors (Lipinski definition) is 1. The predicted octanol–water partition coefficient (Wildman–Crippen LogP) is 4.58. The van der Waals surface area contributed by atoms with Gasteiger partial charge < -0.3 is 9.47 Å². The Morgan fingerprint density at radius 2 is 1.70 bits per heavy atom. The molecule has 6 nitrogen and oxygen atoms in total. The normalized spacial score (nSPS) is 13.8. The molecule has 1 aliphatic heterocycles. The maximum atomic E-state index is 12.7. The first-order valence-corrected chi connectivity index (χ1v) is 12.9. The van der Waals surface area contributed by atoms with Gasteiger partial charge in [0.05, 0.1) is 14.2 Å². The van der Waals surface area contributed by atoms with E-state index in [1.165, 1.54) is 22.5 Å². The minimum absolute atomic E-state index is 0. The van der Waals surface area contributed by atoms with Crippen LogP contribution in [0.3, 0.4) is 0 Å². The molecule has 0 atom stereocenters. The molecule has 2 aromatic carbocycles. The fourth-order valence-electron chi connectivity index (χ4n) is 3.93. The highest BCUT2D eigenvalue weighted by Crippen LogP contribution is 2.33. The van der Waals surface area contributed by atoms with Gasteiger partial charge in [-0.25, -0.2) is 13.1 Å². The third-order valence-corrected chi connectivity index (χ3v) is 8.73. The zero-order chi connectivity index (χ0) is 22.6. The summed E-state index contributed by atoms with van der Waals surface area (Å²) >= 11 is 1.29. The van der Waals surface area contributed by atoms with Gasteiger partial charge in [0, 0.05) is 24.5 Å². The summed E-state index contributed by atoms with van der Waals surface area (Å²) in [6.07, 6.45) is 1.69. The maximum absolute atomic E-state index is 12.7. The molecule has 1 aromatic heterocycles. The first-order chi connectivity index (χ1) is 15.5. The number of ether oxygens (including phenoxy) is 2. The molecule has 2 heterocycles. The van der Waals surface area contributed by atoms with Gasteiger partial charge in [-0.3, -0.25) is 4.90 Å². The molecule has 0 fully saturated rings. The van der Waals surface area contributed by atoms with E-state index in [2.05, 4.69) is 15.7 Å². The number of thiophene rings is 1. The quantitative estimate of drug-likeness (QED) is 0.428. The van der Waals surface area contributed by atoms with Crippen LogP contribution in [0.2, 0.25) is 0 Å². The van der Waals surface area contributed by atoms with E-state index in [1.54, 1.807) is 20.3 Å². The molecular formula is C24H29ClN2O4S2. The molecule has 4 rings (SSSR count). The highest BCUT2D eigenvalue weighted by molar-refractivity contribution is 7.91. The molecule has 3 aromatic rings. The summed E-state index contributed by atoms with van der Waals surface area (Å²) in [4.78, 5) is 3.30. The van der Waals surface area contributed by atoms with Gasteiger partial charge in [0.1, 0.15) is 4.21 Å². The molecule has 0 unspecified atom stereocenters. The number of halogens is 1. The monoisotopic (exact) mass is 508 g/mol. The van der Waals surface area contributed by atoms with Crippen molar-refractivity contribution in [1.82, 2.24) is 9.62 Å². The number of methoxy groups -OCH3 is 2. The van der Waals surface area contributed by atoms with Crippen molar-refractivity contribution in [1.29, 1.82) is 0 Å². The van der Waals surface area contributed by atoms with Crippen molar-refractivity contribution >= 4 is 33.8 Å². The molecule has 0 saturated carbocycles. The van der Waals surface area contributed by atoms with Crippen LogP contribution in [-0.4, -0.2) is 47.2 Å². The van der Waals surface area contributed by atoms with Crippen molar-refractivity contribution in [2.24, 2.45) is 0 Å². The van der Waals surface area contributed by atoms with Gasteiger partial charge in [-0.15, -0.1) is 23.7 Å². The molecule has 1 aliphatic rings. The minimum atomic E-state index is -3.50. The number of benzene rings is 2. The third kappa shape index (κ3) is 6.07. The zero-order valence-electron chi connectivity index (χ0n) is 18.7. The highest BCUT2D eigenvalue weighted by Gasteiger charge is 2.20. The second kappa shape index (κ2) is 11.4. The van der Waals surface area contributed by atoms with Gasteiger partial charge >= 0.3 is 0 Å². The Balaban J connectivity index is 0.00000306. The number of hydrogen-bond acceptors (Lipinski definition) is 6. The molecule has 178 valence electrons. The Bertz CT molecular complexity index is 1170. The van der Waals surface area contributed by atoms with Crippen LogP contribution in [0.4, 0.5) is 0 Å². The number of fused-ring (bicyclic) bond motifs is 1. The zero-order valence-corrected chi connectivity index (χ0v) is 21.2. The Kier molecular flexibility index (Phi) is 8.78. The molecule has 0 amide bonds. The van der Waals surface area contributed by atoms with Crippen molar-refractivity contribution in [3.05, 3.63) is 65.7 Å². The van der Waals surface area contributed by atoms with Crippen LogP contribution >= 0.6 is 23.7 Å². The summed E-state index contributed by atoms with van der Waals surface area (Å²) in [5.41, 5.74) is 3.55. The van der Waals surface area contributed by atoms with Gasteiger partial charge in [0.25, 0.3) is 0 Å². The predicted molar refractivity (Wildman–Crippen MR) is 135 cm³/mol. The van der Waals surface area contributed by atoms with Crippen LogP contribution in [0.5, 0.6) is 11.5 Å². The average Bonchev–Trinajstić information content (AvgIpc) is 3.33. The van der Waals surface area contributed by atoms with Crippen LogP contribution in [-0.2, 0) is 23.0 Å². The minimum Gasteiger partial charge on any atom is -0.493 e. The van der Waals surface area contributed by atoms with Gasteiger partial charge in [0.2, 0.25) is 10.0 Å². The van der Waals surface area contributed by atoms with Crippen LogP contribution < -0.4 is 14.2 Å². The number of rotatable bonds is 9. The molecule has 0 bridgehead atoms. The lowest BCUT2D eigenvalue weighted by Crippen LogP contribution is -2.33. The fourth-order valence-corrected chi connectivity index (χ4v) is 6.37. The Morgan fingerprint density at radius 1 is 1.00 bits per heavy atom. The third-order valence-electron chi connectivity index (χ3n) is 5.64. The van der Waals surface area contributed by atoms with E-state index in [0.717, 1.165) is 54.4 Å². The fraction of sp³-hybridized carbons (Fsp3) is 0.333. The van der Waals surface area contributed by atoms with Crippen molar-refractivity contribution in [2.75, 3.05) is 33.9 Å². The second-order valence-electron chi connectivity index (χ2n) is 7.74. The Labute approximate surface area is 206 Å². The van der Waals surface area contributed by atoms with Crippen molar-refractivity contribution in [2.45, 2.75) is 23.6 Å². The maximum Gasteiger partial charge on any atom is 0.250 e. The summed E-state index contributed by atoms with van der Waals surface area (Å²) in [6.45, 7) is 3.01. The second-order valence-corrected chi connectivity index (χ2v) is 10.8. The van der Waals surface area contributed by atoms with Crippen molar-refractivity contribution in [3.8, 4) is 21.9 Å². The van der Waals surface area contributed by atoms with E-state index in [0.29, 0.717) is 10.8 Å². The summed E-state index contributed by atoms with van der Waals surface area (Å²) in [5.74, 6) is 1.50. The van der Waals surface area contributed by atoms with Gasteiger partial charge in [-0.2, -0.15) is 0 Å². The van der Waals surface area contributed by atoms with Gasteiger partial charge in [-0.05, 0) is 60.3 Å². The first kappa shape index (κ1) is 25.5. The van der Waals surface area contributed by atoms with Crippen LogP contribution in [0.25, 0.3) is 10.4 Å². The van der Waals surface area contributed by atoms with Crippen molar-refractivity contribution < 1.29 is 17.9 Å². The Morgan fingerprint density at radius 3 is 2.39 bits per heavy atom. The molecule has 1 N–H and O–H groups in total. The topological polar surface area (TPSA) is 67.9 Å². The summed E-state index contributed by atoms with van der Waals surface area (Å²) in [6, 6.07) is 17.5. The van der Waals surface area contributed by atoms with E-state index >= 15 is 0 Å². The standard InChI is InChI=1S/C24H28N2O4S2.ClH/c1-29-21-15-19-11-14-26(17-20(19)16-22(21)30-2)13-6-12-25-32(27,28)24-10-9-23(31-24)18-7-4-3-5-8-18;/h3-5,7-10,15-16,25H,6,11-14,17H2,1-2H3;1H. The molecule has 0 radical (unpaired) electrons. The Hall–Kier alpha value is -2.10. The number of nitrogens with zero attached hydrogens (tertiary/aromatic N) is 1. The van der Waals surface area contributed by atoms with E-state index < -0.39 is 10.0 Å². The van der Waals surface area contributed by atoms with Crippen LogP contribution in [0, 0.1) is 0 Å².